The molecule has 0 fully saturated rings. The SMILES string of the molecule is [CH2+]C#CCCC[CH2-]. The van der Waals surface area contributed by atoms with Gasteiger partial charge in [0.1, 0.15) is 11.8 Å². The van der Waals surface area contributed by atoms with Crippen LogP contribution in [0.1, 0.15) is 19.3 Å². The lowest BCUT2D eigenvalue weighted by molar-refractivity contribution is 0.883. The molecule has 0 N–H and O–H groups in total. The Morgan fingerprint density at radius 1 is 1.57 bits per heavy atom. The summed E-state index contributed by atoms with van der Waals surface area (Å²) in [5, 5.41) is 0. The van der Waals surface area contributed by atoms with E-state index in [0.717, 1.165) is 19.3 Å². The molecule has 0 saturated heterocycles. The fourth-order valence-corrected chi connectivity index (χ4v) is 0.302. The van der Waals surface area contributed by atoms with Crippen molar-refractivity contribution in [2.75, 3.05) is 0 Å². The van der Waals surface area contributed by atoms with Crippen LogP contribution in [0.25, 0.3) is 0 Å². The summed E-state index contributed by atoms with van der Waals surface area (Å²) < 4.78 is 0. The Kier molecular flexibility index (Phi) is 4.99. The molecule has 0 amide bonds. The van der Waals surface area contributed by atoms with Gasteiger partial charge in [-0.25, -0.2) is 0 Å². The maximum Gasteiger partial charge on any atom is 0.135 e. The molecule has 0 spiro atoms. The Bertz CT molecular complexity index is 71.8. The molecule has 0 aromatic heterocycles. The molecule has 0 radical (unpaired) electrons. The first-order chi connectivity index (χ1) is 3.41. The normalized spacial score (nSPS) is 7.00. The lowest BCUT2D eigenvalue weighted by Crippen LogP contribution is -1.64. The minimum atomic E-state index is 0.951. The fraction of sp³-hybridized carbons (Fsp3) is 0.429. The summed E-state index contributed by atoms with van der Waals surface area (Å²) in [4.78, 5) is 0. The Labute approximate surface area is 45.9 Å². The minimum absolute atomic E-state index is 0.951. The smallest absolute Gasteiger partial charge is 0.135 e. The predicted octanol–water partition coefficient (Wildman–Crippen LogP) is 1.83. The number of rotatable bonds is 2. The molecule has 7 heavy (non-hydrogen) atoms. The highest BCUT2D eigenvalue weighted by Gasteiger charge is 1.76. The summed E-state index contributed by atoms with van der Waals surface area (Å²) in [6.07, 6.45) is 3.03. The van der Waals surface area contributed by atoms with E-state index >= 15 is 0 Å². The number of hydrogen-bond acceptors (Lipinski definition) is 0. The van der Waals surface area contributed by atoms with E-state index in [4.69, 9.17) is 0 Å². The molecule has 0 bridgehead atoms. The number of unbranched alkanes of at least 4 members (excludes halogenated alkanes) is 2. The van der Waals surface area contributed by atoms with Crippen molar-refractivity contribution in [3.8, 4) is 11.8 Å². The van der Waals surface area contributed by atoms with Crippen molar-refractivity contribution in [2.24, 2.45) is 0 Å². The average molecular weight is 94.2 g/mol. The zero-order valence-electron chi connectivity index (χ0n) is 4.54. The van der Waals surface area contributed by atoms with E-state index in [0.29, 0.717) is 0 Å². The van der Waals surface area contributed by atoms with Crippen molar-refractivity contribution in [3.05, 3.63) is 13.8 Å². The van der Waals surface area contributed by atoms with Crippen LogP contribution >= 0.6 is 0 Å². The second kappa shape index (κ2) is 5.43. The highest BCUT2D eigenvalue weighted by Crippen LogP contribution is 1.88. The Morgan fingerprint density at radius 3 is 2.71 bits per heavy atom. The lowest BCUT2D eigenvalue weighted by atomic mass is 10.3. The third-order valence-electron chi connectivity index (χ3n) is 0.677. The van der Waals surface area contributed by atoms with Gasteiger partial charge in [0.15, 0.2) is 0 Å². The minimum Gasteiger partial charge on any atom is -0.343 e. The van der Waals surface area contributed by atoms with E-state index in [1.807, 2.05) is 0 Å². The Hall–Kier alpha value is -0.570. The van der Waals surface area contributed by atoms with Crippen LogP contribution in [0.2, 0.25) is 0 Å². The van der Waals surface area contributed by atoms with Crippen LogP contribution in [0, 0.1) is 25.7 Å². The van der Waals surface area contributed by atoms with Gasteiger partial charge >= 0.3 is 0 Å². The van der Waals surface area contributed by atoms with Crippen molar-refractivity contribution in [2.45, 2.75) is 19.3 Å². The highest BCUT2D eigenvalue weighted by atomic mass is 13.8. The highest BCUT2D eigenvalue weighted by molar-refractivity contribution is 5.00. The summed E-state index contributed by atoms with van der Waals surface area (Å²) in [6.45, 7) is 7.05. The van der Waals surface area contributed by atoms with Crippen LogP contribution in [0.4, 0.5) is 0 Å². The van der Waals surface area contributed by atoms with Crippen LogP contribution in [0.15, 0.2) is 0 Å². The first-order valence-electron chi connectivity index (χ1n) is 2.46. The molecule has 0 rings (SSSR count). The first kappa shape index (κ1) is 6.43. The van der Waals surface area contributed by atoms with Crippen LogP contribution in [-0.4, -0.2) is 0 Å². The number of hydrogen-bond donors (Lipinski definition) is 0. The van der Waals surface area contributed by atoms with E-state index in [-0.39, 0.29) is 0 Å². The van der Waals surface area contributed by atoms with E-state index in [1.54, 1.807) is 0 Å². The molecule has 0 unspecified atom stereocenters. The summed E-state index contributed by atoms with van der Waals surface area (Å²) in [6, 6.07) is 0. The van der Waals surface area contributed by atoms with E-state index in [1.165, 1.54) is 0 Å². The largest absolute Gasteiger partial charge is 0.343 e. The summed E-state index contributed by atoms with van der Waals surface area (Å²) in [5.74, 6) is 5.42. The van der Waals surface area contributed by atoms with Crippen LogP contribution in [-0.2, 0) is 0 Å². The van der Waals surface area contributed by atoms with Gasteiger partial charge in [0.05, 0.1) is 13.3 Å². The zero-order valence-corrected chi connectivity index (χ0v) is 4.54. The zero-order chi connectivity index (χ0) is 5.54. The quantitative estimate of drug-likeness (QED) is 0.278. The van der Waals surface area contributed by atoms with Crippen LogP contribution in [0.3, 0.4) is 0 Å². The van der Waals surface area contributed by atoms with E-state index in [2.05, 4.69) is 25.7 Å². The molecule has 0 aliphatic heterocycles. The van der Waals surface area contributed by atoms with Crippen molar-refractivity contribution >= 4 is 0 Å². The molecule has 0 nitrogen and oxygen atoms in total. The van der Waals surface area contributed by atoms with Gasteiger partial charge in [-0.2, -0.15) is 6.42 Å². The molecule has 0 aliphatic carbocycles. The standard InChI is InChI=1S/C7H10/c1-3-5-7-6-4-2/h1-3,5,7H2. The molecule has 0 atom stereocenters. The molecular formula is C7H10. The maximum absolute atomic E-state index is 3.67. The molecule has 0 aromatic rings. The lowest BCUT2D eigenvalue weighted by Gasteiger charge is -1.83. The predicted molar refractivity (Wildman–Crippen MR) is 32.3 cm³/mol. The van der Waals surface area contributed by atoms with Crippen LogP contribution in [0.5, 0.6) is 0 Å². The molecular weight excluding hydrogens is 84.1 g/mol. The van der Waals surface area contributed by atoms with Gasteiger partial charge in [-0.05, 0) is 6.42 Å². The van der Waals surface area contributed by atoms with Crippen molar-refractivity contribution in [1.29, 1.82) is 0 Å². The molecule has 0 saturated carbocycles. The summed E-state index contributed by atoms with van der Waals surface area (Å²) >= 11 is 0. The second-order valence-electron chi connectivity index (χ2n) is 1.31. The van der Waals surface area contributed by atoms with Crippen molar-refractivity contribution in [3.63, 3.8) is 0 Å². The Balaban J connectivity index is 2.78. The van der Waals surface area contributed by atoms with Gasteiger partial charge in [0, 0.05) is 0 Å². The third kappa shape index (κ3) is 5.43. The van der Waals surface area contributed by atoms with E-state index in [9.17, 15) is 0 Å². The third-order valence-corrected chi connectivity index (χ3v) is 0.677. The average Bonchev–Trinajstić information content (AvgIpc) is 1.69. The van der Waals surface area contributed by atoms with Gasteiger partial charge in [0.2, 0.25) is 0 Å². The van der Waals surface area contributed by atoms with Gasteiger partial charge in [0.25, 0.3) is 0 Å². The molecule has 0 heteroatoms. The fourth-order valence-electron chi connectivity index (χ4n) is 0.302. The first-order valence-corrected chi connectivity index (χ1v) is 2.46. The monoisotopic (exact) mass is 94.1 g/mol. The molecule has 0 aliphatic rings. The van der Waals surface area contributed by atoms with Crippen molar-refractivity contribution < 1.29 is 0 Å². The maximum atomic E-state index is 3.67. The van der Waals surface area contributed by atoms with Gasteiger partial charge < -0.3 is 6.92 Å². The molecule has 0 heterocycles. The summed E-state index contributed by atoms with van der Waals surface area (Å²) in [7, 11) is 0. The van der Waals surface area contributed by atoms with Gasteiger partial charge in [-0.3, -0.25) is 0 Å². The van der Waals surface area contributed by atoms with Gasteiger partial charge in [-0.1, -0.05) is 0 Å². The van der Waals surface area contributed by atoms with Gasteiger partial charge in [-0.15, -0.1) is 0 Å². The Morgan fingerprint density at radius 2 is 2.29 bits per heavy atom. The summed E-state index contributed by atoms with van der Waals surface area (Å²) in [5.41, 5.74) is 0. The van der Waals surface area contributed by atoms with E-state index < -0.39 is 0 Å². The molecule has 0 aromatic carbocycles. The molecule has 38 valence electrons. The topological polar surface area (TPSA) is 0 Å². The second-order valence-corrected chi connectivity index (χ2v) is 1.31. The van der Waals surface area contributed by atoms with Crippen LogP contribution < -0.4 is 0 Å². The van der Waals surface area contributed by atoms with Crippen molar-refractivity contribution in [1.82, 2.24) is 0 Å².